The first-order chi connectivity index (χ1) is 4.88. The molecule has 1 unspecified atom stereocenters. The molecule has 0 heterocycles. The highest BCUT2D eigenvalue weighted by Crippen LogP contribution is 2.21. The molecule has 0 aliphatic carbocycles. The van der Waals surface area contributed by atoms with Crippen LogP contribution in [0.4, 0.5) is 0 Å². The Hall–Kier alpha value is -0.530. The van der Waals surface area contributed by atoms with Crippen LogP contribution in [0.15, 0.2) is 0 Å². The molecule has 0 fully saturated rings. The van der Waals surface area contributed by atoms with Gasteiger partial charge in [-0.05, 0) is 19.3 Å². The van der Waals surface area contributed by atoms with Crippen LogP contribution in [0.5, 0.6) is 0 Å². The van der Waals surface area contributed by atoms with Crippen molar-refractivity contribution in [2.45, 2.75) is 40.2 Å². The summed E-state index contributed by atoms with van der Waals surface area (Å²) in [5.41, 5.74) is 0.0187. The molecule has 1 radical (unpaired) electrons. The van der Waals surface area contributed by atoms with Gasteiger partial charge in [0.05, 0.1) is 0 Å². The second-order valence-corrected chi connectivity index (χ2v) is 3.75. The Morgan fingerprint density at radius 3 is 2.27 bits per heavy atom. The van der Waals surface area contributed by atoms with E-state index in [2.05, 4.69) is 6.92 Å². The van der Waals surface area contributed by atoms with Gasteiger partial charge in [-0.25, -0.2) is 0 Å². The first-order valence-electron chi connectivity index (χ1n) is 3.86. The number of esters is 1. The second kappa shape index (κ2) is 3.74. The number of rotatable bonds is 2. The number of ether oxygens (including phenoxy) is 1. The SMILES string of the molecule is [CH2]CC(=O)OC(C)C(C)(C)C. The van der Waals surface area contributed by atoms with Gasteiger partial charge in [0.2, 0.25) is 0 Å². The predicted molar refractivity (Wildman–Crippen MR) is 45.0 cm³/mol. The lowest BCUT2D eigenvalue weighted by molar-refractivity contribution is -0.152. The van der Waals surface area contributed by atoms with Crippen molar-refractivity contribution in [1.29, 1.82) is 0 Å². The van der Waals surface area contributed by atoms with Gasteiger partial charge in [0, 0.05) is 6.42 Å². The number of carbonyl (C=O) groups excluding carboxylic acids is 1. The van der Waals surface area contributed by atoms with Gasteiger partial charge in [-0.2, -0.15) is 0 Å². The third-order valence-corrected chi connectivity index (χ3v) is 1.73. The third kappa shape index (κ3) is 4.02. The molecule has 0 N–H and O–H groups in total. The van der Waals surface area contributed by atoms with Crippen LogP contribution >= 0.6 is 0 Å². The fraction of sp³-hybridized carbons (Fsp3) is 0.778. The average Bonchev–Trinajstić information content (AvgIpc) is 1.85. The summed E-state index contributed by atoms with van der Waals surface area (Å²) in [5, 5.41) is 0. The van der Waals surface area contributed by atoms with Gasteiger partial charge in [0.25, 0.3) is 0 Å². The second-order valence-electron chi connectivity index (χ2n) is 3.75. The quantitative estimate of drug-likeness (QED) is 0.574. The Labute approximate surface area is 68.9 Å². The number of carbonyl (C=O) groups is 1. The third-order valence-electron chi connectivity index (χ3n) is 1.73. The standard InChI is InChI=1S/C9H17O2/c1-6-8(10)11-7(2)9(3,4)5/h7H,1,6H2,2-5H3. The Morgan fingerprint density at radius 2 is 2.00 bits per heavy atom. The number of hydrogen-bond acceptors (Lipinski definition) is 2. The largest absolute Gasteiger partial charge is 0.462 e. The lowest BCUT2D eigenvalue weighted by Crippen LogP contribution is -2.28. The van der Waals surface area contributed by atoms with E-state index >= 15 is 0 Å². The highest BCUT2D eigenvalue weighted by molar-refractivity contribution is 5.70. The van der Waals surface area contributed by atoms with Gasteiger partial charge in [0.15, 0.2) is 0 Å². The van der Waals surface area contributed by atoms with Crippen LogP contribution in [-0.4, -0.2) is 12.1 Å². The van der Waals surface area contributed by atoms with Crippen molar-refractivity contribution < 1.29 is 9.53 Å². The van der Waals surface area contributed by atoms with E-state index in [0.29, 0.717) is 0 Å². The van der Waals surface area contributed by atoms with Gasteiger partial charge in [0.1, 0.15) is 6.10 Å². The molecule has 0 aliphatic rings. The van der Waals surface area contributed by atoms with Gasteiger partial charge in [-0.15, -0.1) is 0 Å². The summed E-state index contributed by atoms with van der Waals surface area (Å²) in [7, 11) is 0. The molecule has 11 heavy (non-hydrogen) atoms. The fourth-order valence-electron chi connectivity index (χ4n) is 0.433. The molecule has 0 aromatic heterocycles. The maximum Gasteiger partial charge on any atom is 0.306 e. The van der Waals surface area contributed by atoms with Gasteiger partial charge in [-0.1, -0.05) is 20.8 Å². The molecule has 0 saturated carbocycles. The van der Waals surface area contributed by atoms with E-state index < -0.39 is 0 Å². The van der Waals surface area contributed by atoms with E-state index in [9.17, 15) is 4.79 Å². The molecule has 2 heteroatoms. The number of hydrogen-bond donors (Lipinski definition) is 0. The average molecular weight is 157 g/mol. The highest BCUT2D eigenvalue weighted by atomic mass is 16.5. The molecule has 0 bridgehead atoms. The van der Waals surface area contributed by atoms with Crippen LogP contribution in [0, 0.1) is 12.3 Å². The Bertz CT molecular complexity index is 133. The maximum atomic E-state index is 10.8. The molecule has 1 atom stereocenters. The van der Waals surface area contributed by atoms with Crippen LogP contribution in [-0.2, 0) is 9.53 Å². The molecule has 0 aliphatic heterocycles. The molecule has 0 rings (SSSR count). The first-order valence-corrected chi connectivity index (χ1v) is 3.86. The van der Waals surface area contributed by atoms with Crippen molar-refractivity contribution in [2.75, 3.05) is 0 Å². The zero-order valence-electron chi connectivity index (χ0n) is 7.81. The van der Waals surface area contributed by atoms with Crippen LogP contribution < -0.4 is 0 Å². The Balaban J connectivity index is 3.87. The summed E-state index contributed by atoms with van der Waals surface area (Å²) in [6.07, 6.45) is 0.164. The molecule has 2 nitrogen and oxygen atoms in total. The predicted octanol–water partition coefficient (Wildman–Crippen LogP) is 2.19. The fourth-order valence-corrected chi connectivity index (χ4v) is 0.433. The van der Waals surface area contributed by atoms with Crippen molar-refractivity contribution >= 4 is 5.97 Å². The van der Waals surface area contributed by atoms with Crippen molar-refractivity contribution in [3.63, 3.8) is 0 Å². The lowest BCUT2D eigenvalue weighted by Gasteiger charge is -2.26. The molecular weight excluding hydrogens is 140 g/mol. The van der Waals surface area contributed by atoms with Gasteiger partial charge < -0.3 is 4.74 Å². The molecule has 0 spiro atoms. The van der Waals surface area contributed by atoms with Crippen LogP contribution in [0.25, 0.3) is 0 Å². The molecule has 0 amide bonds. The van der Waals surface area contributed by atoms with E-state index in [1.807, 2.05) is 27.7 Å². The van der Waals surface area contributed by atoms with Crippen LogP contribution in [0.3, 0.4) is 0 Å². The van der Waals surface area contributed by atoms with Gasteiger partial charge in [-0.3, -0.25) is 4.79 Å². The minimum absolute atomic E-state index is 0.0187. The summed E-state index contributed by atoms with van der Waals surface area (Å²) in [5.74, 6) is -0.229. The van der Waals surface area contributed by atoms with Crippen molar-refractivity contribution in [3.05, 3.63) is 6.92 Å². The highest BCUT2D eigenvalue weighted by Gasteiger charge is 2.22. The van der Waals surface area contributed by atoms with Crippen LogP contribution in [0.2, 0.25) is 0 Å². The first kappa shape index (κ1) is 10.5. The summed E-state index contributed by atoms with van der Waals surface area (Å²) in [4.78, 5) is 10.8. The monoisotopic (exact) mass is 157 g/mol. The van der Waals surface area contributed by atoms with E-state index in [0.717, 1.165) is 0 Å². The van der Waals surface area contributed by atoms with Gasteiger partial charge >= 0.3 is 5.97 Å². The summed E-state index contributed by atoms with van der Waals surface area (Å²) >= 11 is 0. The molecule has 0 saturated heterocycles. The van der Waals surface area contributed by atoms with Crippen molar-refractivity contribution in [2.24, 2.45) is 5.41 Å². The smallest absolute Gasteiger partial charge is 0.306 e. The lowest BCUT2D eigenvalue weighted by atomic mass is 9.90. The van der Waals surface area contributed by atoms with E-state index in [1.54, 1.807) is 0 Å². The van der Waals surface area contributed by atoms with Crippen molar-refractivity contribution in [3.8, 4) is 0 Å². The summed E-state index contributed by atoms with van der Waals surface area (Å²) in [6.45, 7) is 11.4. The summed E-state index contributed by atoms with van der Waals surface area (Å²) in [6, 6.07) is 0. The van der Waals surface area contributed by atoms with E-state index in [1.165, 1.54) is 0 Å². The van der Waals surface area contributed by atoms with Crippen LogP contribution in [0.1, 0.15) is 34.1 Å². The van der Waals surface area contributed by atoms with E-state index in [4.69, 9.17) is 4.74 Å². The molecule has 65 valence electrons. The summed E-state index contributed by atoms with van der Waals surface area (Å²) < 4.78 is 5.06. The normalized spacial score (nSPS) is 14.3. The minimum Gasteiger partial charge on any atom is -0.462 e. The zero-order chi connectivity index (χ0) is 9.07. The van der Waals surface area contributed by atoms with Crippen molar-refractivity contribution in [1.82, 2.24) is 0 Å². The van der Waals surface area contributed by atoms with E-state index in [-0.39, 0.29) is 23.9 Å². The molecular formula is C9H17O2. The Kier molecular flexibility index (Phi) is 3.56. The minimum atomic E-state index is -0.229. The maximum absolute atomic E-state index is 10.8. The topological polar surface area (TPSA) is 26.3 Å². The molecule has 0 aromatic carbocycles. The molecule has 0 aromatic rings. The Morgan fingerprint density at radius 1 is 1.55 bits per heavy atom. The zero-order valence-corrected chi connectivity index (χ0v) is 7.81.